The monoisotopic (exact) mass is 280 g/mol. The number of anilines is 1. The maximum Gasteiger partial charge on any atom is 0.223 e. The van der Waals surface area contributed by atoms with Gasteiger partial charge in [-0.25, -0.2) is 22.7 Å². The molecule has 2 aromatic rings. The predicted molar refractivity (Wildman–Crippen MR) is 75.5 cm³/mol. The zero-order valence-corrected chi connectivity index (χ0v) is 11.7. The summed E-state index contributed by atoms with van der Waals surface area (Å²) in [6.07, 6.45) is 1.71. The smallest absolute Gasteiger partial charge is 0.223 e. The Bertz CT molecular complexity index is 670. The van der Waals surface area contributed by atoms with Gasteiger partial charge >= 0.3 is 0 Å². The highest BCUT2D eigenvalue weighted by atomic mass is 32.2. The van der Waals surface area contributed by atoms with Gasteiger partial charge in [-0.2, -0.15) is 0 Å². The Labute approximate surface area is 112 Å². The van der Waals surface area contributed by atoms with Crippen molar-refractivity contribution in [2.24, 2.45) is 0 Å². The van der Waals surface area contributed by atoms with Gasteiger partial charge in [-0.3, -0.25) is 0 Å². The first-order valence-corrected chi connectivity index (χ1v) is 7.46. The van der Waals surface area contributed by atoms with Crippen LogP contribution in [0.3, 0.4) is 0 Å². The molecule has 0 radical (unpaired) electrons. The topological polar surface area (TPSA) is 75.2 Å². The van der Waals surface area contributed by atoms with Crippen LogP contribution in [-0.2, 0) is 10.0 Å². The van der Waals surface area contributed by atoms with E-state index in [9.17, 15) is 8.42 Å². The first-order chi connectivity index (χ1) is 8.99. The van der Waals surface area contributed by atoms with E-state index in [0.717, 1.165) is 10.9 Å². The van der Waals surface area contributed by atoms with E-state index in [2.05, 4.69) is 15.3 Å². The minimum atomic E-state index is -3.20. The number of nitrogens with zero attached hydrogens (tertiary/aromatic N) is 3. The van der Waals surface area contributed by atoms with E-state index in [1.807, 2.05) is 24.3 Å². The van der Waals surface area contributed by atoms with Crippen LogP contribution in [0.25, 0.3) is 10.9 Å². The van der Waals surface area contributed by atoms with Crippen LogP contribution in [-0.4, -0.2) is 49.1 Å². The Morgan fingerprint density at radius 2 is 2.00 bits per heavy atom. The van der Waals surface area contributed by atoms with Crippen LogP contribution >= 0.6 is 0 Å². The molecule has 1 heterocycles. The molecule has 0 amide bonds. The summed E-state index contributed by atoms with van der Waals surface area (Å²) in [7, 11) is -0.164. The van der Waals surface area contributed by atoms with Gasteiger partial charge in [0.1, 0.15) is 0 Å². The van der Waals surface area contributed by atoms with E-state index in [-0.39, 0.29) is 12.3 Å². The first kappa shape index (κ1) is 13.7. The minimum absolute atomic E-state index is 0.0101. The number of nitrogens with one attached hydrogen (secondary N) is 1. The third kappa shape index (κ3) is 3.39. The highest BCUT2D eigenvalue weighted by molar-refractivity contribution is 7.89. The molecule has 0 aliphatic carbocycles. The molecular formula is C12H16N4O2S. The fourth-order valence-electron chi connectivity index (χ4n) is 1.53. The molecule has 0 aliphatic heterocycles. The van der Waals surface area contributed by atoms with Gasteiger partial charge in [0.2, 0.25) is 16.0 Å². The lowest BCUT2D eigenvalue weighted by Gasteiger charge is -2.11. The molecule has 0 saturated heterocycles. The second-order valence-electron chi connectivity index (χ2n) is 4.28. The van der Waals surface area contributed by atoms with E-state index in [1.165, 1.54) is 18.4 Å². The number of para-hydroxylation sites is 1. The van der Waals surface area contributed by atoms with Gasteiger partial charge < -0.3 is 5.32 Å². The number of sulfonamides is 1. The molecule has 0 fully saturated rings. The van der Waals surface area contributed by atoms with Crippen molar-refractivity contribution >= 4 is 26.9 Å². The van der Waals surface area contributed by atoms with Crippen molar-refractivity contribution in [2.75, 3.05) is 31.7 Å². The summed E-state index contributed by atoms with van der Waals surface area (Å²) in [4.78, 5) is 8.45. The van der Waals surface area contributed by atoms with Gasteiger partial charge in [0.15, 0.2) is 0 Å². The maximum absolute atomic E-state index is 11.6. The Kier molecular flexibility index (Phi) is 3.96. The van der Waals surface area contributed by atoms with E-state index in [1.54, 1.807) is 6.20 Å². The summed E-state index contributed by atoms with van der Waals surface area (Å²) in [5, 5.41) is 3.87. The van der Waals surface area contributed by atoms with Crippen molar-refractivity contribution in [2.45, 2.75) is 0 Å². The fraction of sp³-hybridized carbons (Fsp3) is 0.333. The maximum atomic E-state index is 11.6. The van der Waals surface area contributed by atoms with E-state index in [4.69, 9.17) is 0 Å². The minimum Gasteiger partial charge on any atom is -0.353 e. The lowest BCUT2D eigenvalue weighted by Crippen LogP contribution is -2.28. The summed E-state index contributed by atoms with van der Waals surface area (Å²) >= 11 is 0. The van der Waals surface area contributed by atoms with Crippen molar-refractivity contribution in [3.63, 3.8) is 0 Å². The van der Waals surface area contributed by atoms with Crippen molar-refractivity contribution in [3.8, 4) is 0 Å². The molecule has 0 unspecified atom stereocenters. The van der Waals surface area contributed by atoms with Crippen molar-refractivity contribution in [3.05, 3.63) is 30.5 Å². The molecule has 0 aliphatic rings. The van der Waals surface area contributed by atoms with Crippen LogP contribution in [0.15, 0.2) is 30.5 Å². The highest BCUT2D eigenvalue weighted by Gasteiger charge is 2.12. The molecule has 19 heavy (non-hydrogen) atoms. The molecule has 2 rings (SSSR count). The number of benzene rings is 1. The van der Waals surface area contributed by atoms with Crippen LogP contribution in [0, 0.1) is 0 Å². The number of hydrogen-bond acceptors (Lipinski definition) is 5. The lowest BCUT2D eigenvalue weighted by atomic mass is 10.2. The summed E-state index contributed by atoms with van der Waals surface area (Å²) in [5.41, 5.74) is 0.829. The Balaban J connectivity index is 2.03. The second-order valence-corrected chi connectivity index (χ2v) is 6.58. The Hall–Kier alpha value is -1.73. The lowest BCUT2D eigenvalue weighted by molar-refractivity contribution is 0.521. The third-order valence-corrected chi connectivity index (χ3v) is 4.52. The SMILES string of the molecule is CN(C)S(=O)(=O)CCNc1ncc2ccccc2n1. The highest BCUT2D eigenvalue weighted by Crippen LogP contribution is 2.11. The molecule has 7 heteroatoms. The van der Waals surface area contributed by atoms with Gasteiger partial charge in [0.25, 0.3) is 0 Å². The molecule has 102 valence electrons. The van der Waals surface area contributed by atoms with Crippen molar-refractivity contribution in [1.29, 1.82) is 0 Å². The largest absolute Gasteiger partial charge is 0.353 e. The van der Waals surface area contributed by atoms with Gasteiger partial charge in [0.05, 0.1) is 11.3 Å². The van der Waals surface area contributed by atoms with Gasteiger partial charge in [-0.15, -0.1) is 0 Å². The molecule has 0 spiro atoms. The second kappa shape index (κ2) is 5.50. The predicted octanol–water partition coefficient (Wildman–Crippen LogP) is 0.933. The summed E-state index contributed by atoms with van der Waals surface area (Å²) in [6, 6.07) is 7.63. The average molecular weight is 280 g/mol. The standard InChI is InChI=1S/C12H16N4O2S/c1-16(2)19(17,18)8-7-13-12-14-9-10-5-3-4-6-11(10)15-12/h3-6,9H,7-8H2,1-2H3,(H,13,14,15). The Morgan fingerprint density at radius 3 is 2.74 bits per heavy atom. The van der Waals surface area contributed by atoms with Crippen LogP contribution in [0.5, 0.6) is 0 Å². The number of rotatable bonds is 5. The zero-order chi connectivity index (χ0) is 13.9. The number of aromatic nitrogens is 2. The molecular weight excluding hydrogens is 264 g/mol. The van der Waals surface area contributed by atoms with Crippen LogP contribution in [0.1, 0.15) is 0 Å². The molecule has 6 nitrogen and oxygen atoms in total. The quantitative estimate of drug-likeness (QED) is 0.882. The number of fused-ring (bicyclic) bond motifs is 1. The average Bonchev–Trinajstić information content (AvgIpc) is 2.38. The van der Waals surface area contributed by atoms with E-state index in [0.29, 0.717) is 5.95 Å². The first-order valence-electron chi connectivity index (χ1n) is 5.85. The van der Waals surface area contributed by atoms with Gasteiger partial charge in [-0.1, -0.05) is 18.2 Å². The van der Waals surface area contributed by atoms with Crippen LogP contribution in [0.4, 0.5) is 5.95 Å². The molecule has 0 bridgehead atoms. The van der Waals surface area contributed by atoms with Crippen LogP contribution in [0.2, 0.25) is 0 Å². The number of hydrogen-bond donors (Lipinski definition) is 1. The fourth-order valence-corrected chi connectivity index (χ4v) is 2.26. The van der Waals surface area contributed by atoms with Crippen molar-refractivity contribution < 1.29 is 8.42 Å². The molecule has 1 aromatic carbocycles. The van der Waals surface area contributed by atoms with Crippen molar-refractivity contribution in [1.82, 2.24) is 14.3 Å². The van der Waals surface area contributed by atoms with E-state index >= 15 is 0 Å². The zero-order valence-electron chi connectivity index (χ0n) is 10.9. The van der Waals surface area contributed by atoms with Gasteiger partial charge in [0, 0.05) is 32.2 Å². The normalized spacial score (nSPS) is 11.9. The summed E-state index contributed by atoms with van der Waals surface area (Å²) in [5.74, 6) is 0.448. The third-order valence-electron chi connectivity index (χ3n) is 2.69. The summed E-state index contributed by atoms with van der Waals surface area (Å²) < 4.78 is 24.4. The molecule has 0 saturated carbocycles. The molecule has 0 atom stereocenters. The molecule has 1 aromatic heterocycles. The molecule has 1 N–H and O–H groups in total. The van der Waals surface area contributed by atoms with E-state index < -0.39 is 10.0 Å². The van der Waals surface area contributed by atoms with Gasteiger partial charge in [-0.05, 0) is 6.07 Å². The Morgan fingerprint density at radius 1 is 1.26 bits per heavy atom. The summed E-state index contributed by atoms with van der Waals surface area (Å²) in [6.45, 7) is 0.277. The van der Waals surface area contributed by atoms with Crippen LogP contribution < -0.4 is 5.32 Å².